The number of carbonyl (C=O) groups excluding carboxylic acids is 3. The first-order chi connectivity index (χ1) is 25.6. The number of carboxylic acid groups (broad SMARTS) is 1. The Bertz CT molecular complexity index is 1010. The maximum atomic E-state index is 12.7. The van der Waals surface area contributed by atoms with E-state index in [0.29, 0.717) is 12.8 Å². The highest BCUT2D eigenvalue weighted by Gasteiger charge is 2.25. The number of carbonyl (C=O) groups is 3. The summed E-state index contributed by atoms with van der Waals surface area (Å²) in [7, 11) is 5.39. The summed E-state index contributed by atoms with van der Waals surface area (Å²) in [6, 6.07) is -0.728. The normalized spacial score (nSPS) is 13.5. The number of unbranched alkanes of at least 4 members (excludes halogenated alkanes) is 18. The van der Waals surface area contributed by atoms with Crippen LogP contribution in [0.25, 0.3) is 0 Å². The number of nitrogens with zero attached hydrogens (tertiary/aromatic N) is 1. The van der Waals surface area contributed by atoms with E-state index in [1.54, 1.807) is 21.1 Å². The third kappa shape index (κ3) is 34.8. The fourth-order valence-corrected chi connectivity index (χ4v) is 5.96. The van der Waals surface area contributed by atoms with Crippen LogP contribution in [0.2, 0.25) is 0 Å². The summed E-state index contributed by atoms with van der Waals surface area (Å²) < 4.78 is 17.1. The van der Waals surface area contributed by atoms with E-state index in [-0.39, 0.29) is 42.7 Å². The summed E-state index contributed by atoms with van der Waals surface area (Å²) in [4.78, 5) is 36.7. The first kappa shape index (κ1) is 50.3. The van der Waals surface area contributed by atoms with Crippen LogP contribution in [0.15, 0.2) is 48.6 Å². The van der Waals surface area contributed by atoms with Crippen molar-refractivity contribution in [2.45, 2.75) is 180 Å². The van der Waals surface area contributed by atoms with Crippen molar-refractivity contribution in [1.29, 1.82) is 0 Å². The van der Waals surface area contributed by atoms with E-state index in [1.807, 2.05) is 6.08 Å². The molecule has 53 heavy (non-hydrogen) atoms. The summed E-state index contributed by atoms with van der Waals surface area (Å²) in [5.74, 6) is -1.77. The fourth-order valence-electron chi connectivity index (χ4n) is 5.96. The van der Waals surface area contributed by atoms with Crippen molar-refractivity contribution in [3.8, 4) is 0 Å². The number of esters is 2. The van der Waals surface area contributed by atoms with Gasteiger partial charge in [0.15, 0.2) is 6.10 Å². The molecule has 0 N–H and O–H groups in total. The molecule has 8 heteroatoms. The molecule has 0 radical (unpaired) electrons. The summed E-state index contributed by atoms with van der Waals surface area (Å²) in [6.07, 6.45) is 41.2. The van der Waals surface area contributed by atoms with Crippen molar-refractivity contribution in [3.63, 3.8) is 0 Å². The minimum absolute atomic E-state index is 0.0334. The molecule has 0 amide bonds. The molecular formula is C45H79NO7. The van der Waals surface area contributed by atoms with E-state index in [1.165, 1.54) is 70.6 Å². The van der Waals surface area contributed by atoms with Gasteiger partial charge in [0.2, 0.25) is 0 Å². The first-order valence-electron chi connectivity index (χ1n) is 21.2. The fraction of sp³-hybridized carbons (Fsp3) is 0.756. The summed E-state index contributed by atoms with van der Waals surface area (Å²) in [6.45, 7) is 4.58. The van der Waals surface area contributed by atoms with Gasteiger partial charge >= 0.3 is 11.9 Å². The monoisotopic (exact) mass is 746 g/mol. The van der Waals surface area contributed by atoms with Gasteiger partial charge in [0.1, 0.15) is 12.6 Å². The van der Waals surface area contributed by atoms with Gasteiger partial charge in [0.25, 0.3) is 0 Å². The third-order valence-electron chi connectivity index (χ3n) is 9.31. The number of hydrogen-bond donors (Lipinski definition) is 0. The molecule has 0 aliphatic rings. The Kier molecular flexibility index (Phi) is 34.4. The molecule has 0 heterocycles. The van der Waals surface area contributed by atoms with Gasteiger partial charge in [0, 0.05) is 19.3 Å². The Hall–Kier alpha value is -2.71. The van der Waals surface area contributed by atoms with Crippen LogP contribution in [0.5, 0.6) is 0 Å². The molecule has 0 bridgehead atoms. The van der Waals surface area contributed by atoms with Crippen LogP contribution in [0.4, 0.5) is 0 Å². The van der Waals surface area contributed by atoms with Gasteiger partial charge in [-0.3, -0.25) is 9.59 Å². The second kappa shape index (κ2) is 36.3. The molecule has 0 aliphatic carbocycles. The van der Waals surface area contributed by atoms with Crippen molar-refractivity contribution < 1.29 is 38.2 Å². The van der Waals surface area contributed by atoms with E-state index >= 15 is 0 Å². The lowest BCUT2D eigenvalue weighted by atomic mass is 10.1. The summed E-state index contributed by atoms with van der Waals surface area (Å²) in [5.41, 5.74) is 0. The van der Waals surface area contributed by atoms with Gasteiger partial charge in [-0.15, -0.1) is 0 Å². The van der Waals surface area contributed by atoms with E-state index in [4.69, 9.17) is 14.2 Å². The average Bonchev–Trinajstić information content (AvgIpc) is 3.11. The van der Waals surface area contributed by atoms with Crippen LogP contribution in [0, 0.1) is 0 Å². The van der Waals surface area contributed by atoms with Crippen LogP contribution in [0.3, 0.4) is 0 Å². The highest BCUT2D eigenvalue weighted by Crippen LogP contribution is 2.14. The number of quaternary nitrogens is 1. The topological polar surface area (TPSA) is 102 Å². The zero-order valence-electron chi connectivity index (χ0n) is 34.7. The zero-order valence-corrected chi connectivity index (χ0v) is 34.7. The van der Waals surface area contributed by atoms with E-state index < -0.39 is 18.1 Å². The lowest BCUT2D eigenvalue weighted by Gasteiger charge is -2.34. The Morgan fingerprint density at radius 1 is 0.566 bits per heavy atom. The van der Waals surface area contributed by atoms with E-state index in [9.17, 15) is 19.5 Å². The molecule has 306 valence electrons. The standard InChI is InChI=1S/C45H79NO7/c1-6-8-10-12-14-16-18-19-20-21-22-23-24-26-27-29-31-33-35-43(47)52-40-41(39-51-38-37-42(45(49)50)46(3,4)5)53-44(48)36-34-32-30-28-25-17-15-13-11-9-7-2/h14,16,18-23,41-42H,6-13,15,17,24-40H2,1-5H3/b16-14+,19-18+,21-20+,23-22+. The van der Waals surface area contributed by atoms with Crippen molar-refractivity contribution in [1.82, 2.24) is 0 Å². The molecule has 0 spiro atoms. The van der Waals surface area contributed by atoms with E-state index in [0.717, 1.165) is 64.2 Å². The summed E-state index contributed by atoms with van der Waals surface area (Å²) in [5, 5.41) is 11.6. The average molecular weight is 746 g/mol. The SMILES string of the molecule is CCCCC/C=C/C=C/C=C/C=C/CCCCCCCC(=O)OCC(COCCC(C(=O)[O-])[N+](C)(C)C)OC(=O)CCCCCCCCCCCCC. The van der Waals surface area contributed by atoms with Crippen LogP contribution in [-0.4, -0.2) is 75.5 Å². The predicted molar refractivity (Wildman–Crippen MR) is 217 cm³/mol. The minimum atomic E-state index is -1.13. The van der Waals surface area contributed by atoms with Crippen molar-refractivity contribution in [2.24, 2.45) is 0 Å². The predicted octanol–water partition coefficient (Wildman–Crippen LogP) is 9.91. The van der Waals surface area contributed by atoms with Gasteiger partial charge in [-0.1, -0.05) is 159 Å². The Balaban J connectivity index is 4.40. The Morgan fingerprint density at radius 2 is 1.00 bits per heavy atom. The second-order valence-electron chi connectivity index (χ2n) is 15.3. The second-order valence-corrected chi connectivity index (χ2v) is 15.3. The quantitative estimate of drug-likeness (QED) is 0.0270. The lowest BCUT2D eigenvalue weighted by molar-refractivity contribution is -0.889. The van der Waals surface area contributed by atoms with Crippen LogP contribution < -0.4 is 5.11 Å². The zero-order chi connectivity index (χ0) is 39.3. The van der Waals surface area contributed by atoms with Crippen molar-refractivity contribution >= 4 is 17.9 Å². The third-order valence-corrected chi connectivity index (χ3v) is 9.31. The van der Waals surface area contributed by atoms with Gasteiger partial charge in [0.05, 0.1) is 40.3 Å². The van der Waals surface area contributed by atoms with Gasteiger partial charge in [-0.25, -0.2) is 0 Å². The molecule has 0 fully saturated rings. The highest BCUT2D eigenvalue weighted by molar-refractivity contribution is 5.70. The molecule has 8 nitrogen and oxygen atoms in total. The van der Waals surface area contributed by atoms with Crippen LogP contribution in [-0.2, 0) is 28.6 Å². The van der Waals surface area contributed by atoms with Gasteiger partial charge in [-0.2, -0.15) is 0 Å². The molecule has 0 saturated carbocycles. The highest BCUT2D eigenvalue weighted by atomic mass is 16.6. The van der Waals surface area contributed by atoms with Crippen LogP contribution >= 0.6 is 0 Å². The Labute approximate surface area is 325 Å². The molecule has 0 aromatic rings. The Morgan fingerprint density at radius 3 is 1.51 bits per heavy atom. The number of rotatable bonds is 37. The lowest BCUT2D eigenvalue weighted by Crippen LogP contribution is -2.55. The number of allylic oxidation sites excluding steroid dienone is 8. The van der Waals surface area contributed by atoms with Crippen molar-refractivity contribution in [3.05, 3.63) is 48.6 Å². The molecule has 0 aromatic heterocycles. The molecule has 0 aromatic carbocycles. The smallest absolute Gasteiger partial charge is 0.306 e. The largest absolute Gasteiger partial charge is 0.544 e. The molecule has 0 rings (SSSR count). The molecule has 2 unspecified atom stereocenters. The maximum Gasteiger partial charge on any atom is 0.306 e. The number of aliphatic carboxylic acids is 1. The number of likely N-dealkylation sites (N-methyl/N-ethyl adjacent to an activating group) is 1. The first-order valence-corrected chi connectivity index (χ1v) is 21.2. The number of hydrogen-bond acceptors (Lipinski definition) is 7. The van der Waals surface area contributed by atoms with Crippen molar-refractivity contribution in [2.75, 3.05) is 41.0 Å². The number of carboxylic acids is 1. The number of ether oxygens (including phenoxy) is 3. The molecular weight excluding hydrogens is 666 g/mol. The van der Waals surface area contributed by atoms with Gasteiger partial charge in [-0.05, 0) is 38.5 Å². The van der Waals surface area contributed by atoms with Crippen LogP contribution in [0.1, 0.15) is 168 Å². The molecule has 0 saturated heterocycles. The van der Waals surface area contributed by atoms with E-state index in [2.05, 4.69) is 56.4 Å². The maximum absolute atomic E-state index is 12.7. The molecule has 2 atom stereocenters. The molecule has 0 aliphatic heterocycles. The summed E-state index contributed by atoms with van der Waals surface area (Å²) >= 11 is 0. The minimum Gasteiger partial charge on any atom is -0.544 e. The van der Waals surface area contributed by atoms with Gasteiger partial charge < -0.3 is 28.6 Å².